The molecule has 3 aliphatic rings. The van der Waals surface area contributed by atoms with Crippen molar-refractivity contribution in [1.29, 1.82) is 0 Å². The average molecular weight is 492 g/mol. The van der Waals surface area contributed by atoms with E-state index in [-0.39, 0.29) is 17.9 Å². The van der Waals surface area contributed by atoms with Gasteiger partial charge < -0.3 is 24.4 Å². The number of Topliss-reactive ketones (excluding diaryl/α,β-unsaturated/α-hetero) is 1. The molecule has 3 heterocycles. The number of fused-ring (bicyclic) bond motifs is 2. The van der Waals surface area contributed by atoms with E-state index in [2.05, 4.69) is 4.90 Å². The highest BCUT2D eigenvalue weighted by Gasteiger charge is 2.66. The number of likely N-dealkylation sites (tertiary alicyclic amines) is 1. The maximum absolute atomic E-state index is 14.2. The van der Waals surface area contributed by atoms with Gasteiger partial charge in [-0.3, -0.25) is 19.3 Å². The Morgan fingerprint density at radius 3 is 2.39 bits per heavy atom. The number of para-hydroxylation sites is 1. The molecular formula is C27H29N3O6. The topological polar surface area (TPSA) is 99.6 Å². The fourth-order valence-corrected chi connectivity index (χ4v) is 5.44. The minimum absolute atomic E-state index is 0.154. The highest BCUT2D eigenvalue weighted by molar-refractivity contribution is 6.50. The minimum Gasteiger partial charge on any atom is -0.507 e. The number of carbonyl (C=O) groups is 3. The zero-order valence-corrected chi connectivity index (χ0v) is 20.4. The van der Waals surface area contributed by atoms with Crippen LogP contribution in [0.25, 0.3) is 5.76 Å². The Labute approximate surface area is 209 Å². The molecule has 0 aliphatic carbocycles. The number of ketones is 1. The highest BCUT2D eigenvalue weighted by Crippen LogP contribution is 2.53. The predicted octanol–water partition coefficient (Wildman–Crippen LogP) is 1.97. The first-order chi connectivity index (χ1) is 17.4. The smallest absolute Gasteiger partial charge is 0.296 e. The second kappa shape index (κ2) is 9.40. The van der Waals surface area contributed by atoms with Crippen molar-refractivity contribution < 1.29 is 29.0 Å². The molecule has 9 nitrogen and oxygen atoms in total. The molecule has 3 aliphatic heterocycles. The molecule has 9 heteroatoms. The van der Waals surface area contributed by atoms with Crippen LogP contribution >= 0.6 is 0 Å². The van der Waals surface area contributed by atoms with Crippen molar-refractivity contribution in [2.24, 2.45) is 0 Å². The van der Waals surface area contributed by atoms with Crippen LogP contribution in [0.2, 0.25) is 0 Å². The van der Waals surface area contributed by atoms with Gasteiger partial charge in [-0.15, -0.1) is 0 Å². The van der Waals surface area contributed by atoms with Crippen molar-refractivity contribution in [2.75, 3.05) is 57.9 Å². The molecule has 5 rings (SSSR count). The van der Waals surface area contributed by atoms with Gasteiger partial charge in [0.2, 0.25) is 0 Å². The lowest BCUT2D eigenvalue weighted by Gasteiger charge is -2.36. The third-order valence-electron chi connectivity index (χ3n) is 7.23. The first-order valence-corrected chi connectivity index (χ1v) is 12.1. The molecule has 1 unspecified atom stereocenters. The van der Waals surface area contributed by atoms with Gasteiger partial charge >= 0.3 is 0 Å². The summed E-state index contributed by atoms with van der Waals surface area (Å²) in [4.78, 5) is 46.4. The summed E-state index contributed by atoms with van der Waals surface area (Å²) in [6, 6.07) is 13.7. The molecule has 2 aromatic rings. The highest BCUT2D eigenvalue weighted by atomic mass is 16.5. The normalized spacial score (nSPS) is 23.6. The molecule has 1 N–H and O–H groups in total. The number of ether oxygens (including phenoxy) is 2. The molecular weight excluding hydrogens is 462 g/mol. The monoisotopic (exact) mass is 491 g/mol. The SMILES string of the molecule is CCN1C(=O)C2(/C(=C(\O)c3ccc(OC)cc3)C(=O)C(=O)N2CCN2CCOCC2)c2ccccc21. The van der Waals surface area contributed by atoms with Crippen molar-refractivity contribution in [1.82, 2.24) is 9.80 Å². The summed E-state index contributed by atoms with van der Waals surface area (Å²) in [5, 5.41) is 11.5. The van der Waals surface area contributed by atoms with E-state index < -0.39 is 23.1 Å². The van der Waals surface area contributed by atoms with E-state index in [1.807, 2.05) is 13.0 Å². The Balaban J connectivity index is 1.69. The molecule has 2 fully saturated rings. The second-order valence-corrected chi connectivity index (χ2v) is 8.97. The molecule has 0 radical (unpaired) electrons. The van der Waals surface area contributed by atoms with Gasteiger partial charge in [-0.1, -0.05) is 18.2 Å². The summed E-state index contributed by atoms with van der Waals surface area (Å²) in [5.41, 5.74) is -0.469. The number of hydrogen-bond donors (Lipinski definition) is 1. The number of aliphatic hydroxyl groups is 1. The molecule has 36 heavy (non-hydrogen) atoms. The van der Waals surface area contributed by atoms with E-state index >= 15 is 0 Å². The van der Waals surface area contributed by atoms with Gasteiger partial charge in [0.1, 0.15) is 11.5 Å². The van der Waals surface area contributed by atoms with Gasteiger partial charge in [0, 0.05) is 43.9 Å². The maximum atomic E-state index is 14.2. The number of anilines is 1. The number of rotatable bonds is 6. The summed E-state index contributed by atoms with van der Waals surface area (Å²) in [6.07, 6.45) is 0. The molecule has 1 atom stereocenters. The van der Waals surface area contributed by atoms with Crippen LogP contribution in [0.1, 0.15) is 18.1 Å². The molecule has 2 amide bonds. The third-order valence-corrected chi connectivity index (χ3v) is 7.23. The zero-order valence-electron chi connectivity index (χ0n) is 20.4. The van der Waals surface area contributed by atoms with Crippen LogP contribution < -0.4 is 9.64 Å². The lowest BCUT2D eigenvalue weighted by molar-refractivity contribution is -0.144. The molecule has 0 aromatic heterocycles. The first kappa shape index (κ1) is 24.0. The van der Waals surface area contributed by atoms with Gasteiger partial charge in [-0.25, -0.2) is 0 Å². The fourth-order valence-electron chi connectivity index (χ4n) is 5.44. The Kier molecular flexibility index (Phi) is 6.27. The van der Waals surface area contributed by atoms with Crippen molar-refractivity contribution in [3.05, 3.63) is 65.2 Å². The predicted molar refractivity (Wildman–Crippen MR) is 133 cm³/mol. The Hall–Kier alpha value is -3.69. The van der Waals surface area contributed by atoms with Gasteiger partial charge in [0.15, 0.2) is 5.54 Å². The number of benzene rings is 2. The van der Waals surface area contributed by atoms with E-state index in [0.29, 0.717) is 62.0 Å². The van der Waals surface area contributed by atoms with Crippen molar-refractivity contribution >= 4 is 29.0 Å². The van der Waals surface area contributed by atoms with E-state index in [1.165, 1.54) is 12.0 Å². The van der Waals surface area contributed by atoms with Crippen molar-refractivity contribution in [3.63, 3.8) is 0 Å². The summed E-state index contributed by atoms with van der Waals surface area (Å²) < 4.78 is 10.6. The van der Waals surface area contributed by atoms with Crippen LogP contribution in [-0.4, -0.2) is 85.6 Å². The van der Waals surface area contributed by atoms with Crippen LogP contribution in [0.3, 0.4) is 0 Å². The molecule has 0 bridgehead atoms. The zero-order chi connectivity index (χ0) is 25.4. The van der Waals surface area contributed by atoms with Crippen LogP contribution in [-0.2, 0) is 24.7 Å². The van der Waals surface area contributed by atoms with Crippen LogP contribution in [0.5, 0.6) is 5.75 Å². The molecule has 0 saturated carbocycles. The van der Waals surface area contributed by atoms with E-state index in [4.69, 9.17) is 9.47 Å². The second-order valence-electron chi connectivity index (χ2n) is 8.97. The first-order valence-electron chi connectivity index (χ1n) is 12.1. The number of methoxy groups -OCH3 is 1. The van der Waals surface area contributed by atoms with E-state index in [1.54, 1.807) is 47.4 Å². The molecule has 2 aromatic carbocycles. The number of nitrogens with zero attached hydrogens (tertiary/aromatic N) is 3. The van der Waals surface area contributed by atoms with Gasteiger partial charge in [0.05, 0.1) is 31.6 Å². The van der Waals surface area contributed by atoms with Gasteiger partial charge in [-0.05, 0) is 37.3 Å². The molecule has 188 valence electrons. The largest absolute Gasteiger partial charge is 0.507 e. The van der Waals surface area contributed by atoms with Crippen molar-refractivity contribution in [3.8, 4) is 5.75 Å². The lowest BCUT2D eigenvalue weighted by atomic mass is 9.82. The number of aliphatic hydroxyl groups excluding tert-OH is 1. The lowest BCUT2D eigenvalue weighted by Crippen LogP contribution is -2.54. The van der Waals surface area contributed by atoms with Crippen LogP contribution in [0, 0.1) is 0 Å². The van der Waals surface area contributed by atoms with Gasteiger partial charge in [-0.2, -0.15) is 0 Å². The summed E-state index contributed by atoms with van der Waals surface area (Å²) in [7, 11) is 1.53. The Morgan fingerprint density at radius 2 is 1.72 bits per heavy atom. The third kappa shape index (κ3) is 3.50. The Morgan fingerprint density at radius 1 is 1.03 bits per heavy atom. The van der Waals surface area contributed by atoms with Crippen LogP contribution in [0.4, 0.5) is 5.69 Å². The fraction of sp³-hybridized carbons (Fsp3) is 0.370. The van der Waals surface area contributed by atoms with Crippen LogP contribution in [0.15, 0.2) is 54.1 Å². The maximum Gasteiger partial charge on any atom is 0.296 e. The van der Waals surface area contributed by atoms with E-state index in [0.717, 1.165) is 0 Å². The van der Waals surface area contributed by atoms with Crippen molar-refractivity contribution in [2.45, 2.75) is 12.5 Å². The minimum atomic E-state index is -1.74. The number of morpholine rings is 1. The standard InChI is InChI=1S/C27H29N3O6/c1-3-29-21-7-5-4-6-20(21)27(26(29)34)22(23(31)18-8-10-19(35-2)11-9-18)24(32)25(33)30(27)13-12-28-14-16-36-17-15-28/h4-11,31H,3,12-17H2,1-2H3/b23-22-. The summed E-state index contributed by atoms with van der Waals surface area (Å²) in [6.45, 7) is 5.41. The number of amides is 2. The summed E-state index contributed by atoms with van der Waals surface area (Å²) in [5.74, 6) is -1.88. The summed E-state index contributed by atoms with van der Waals surface area (Å²) >= 11 is 0. The number of hydrogen-bond acceptors (Lipinski definition) is 7. The Bertz CT molecular complexity index is 1230. The number of likely N-dealkylation sites (N-methyl/N-ethyl adjacent to an activating group) is 1. The number of carbonyl (C=O) groups excluding carboxylic acids is 3. The van der Waals surface area contributed by atoms with E-state index in [9.17, 15) is 19.5 Å². The molecule has 1 spiro atoms. The van der Waals surface area contributed by atoms with Gasteiger partial charge in [0.25, 0.3) is 17.6 Å². The quantitative estimate of drug-likeness (QED) is 0.375. The average Bonchev–Trinajstić information content (AvgIpc) is 3.30. The molecule has 2 saturated heterocycles.